The number of hydrogen-bond donors (Lipinski definition) is 1. The van der Waals surface area contributed by atoms with Crippen LogP contribution in [0.1, 0.15) is 25.7 Å². The number of amides is 2. The molecule has 1 aromatic heterocycles. The minimum Gasteiger partial charge on any atom is -0.497 e. The quantitative estimate of drug-likeness (QED) is 0.682. The number of nitrogens with one attached hydrogen (secondary N) is 1. The fourth-order valence-corrected chi connectivity index (χ4v) is 3.79. The maximum atomic E-state index is 12.4. The predicted octanol–water partition coefficient (Wildman–Crippen LogP) is 1.55. The van der Waals surface area contributed by atoms with Crippen LogP contribution >= 0.6 is 0 Å². The summed E-state index contributed by atoms with van der Waals surface area (Å²) in [5, 5.41) is 6.94. The first-order chi connectivity index (χ1) is 15.0. The van der Waals surface area contributed by atoms with Crippen molar-refractivity contribution in [3.8, 4) is 17.1 Å². The molecule has 1 saturated heterocycles. The third-order valence-electron chi connectivity index (χ3n) is 5.98. The number of ether oxygens (including phenoxy) is 1. The van der Waals surface area contributed by atoms with Gasteiger partial charge in [0.15, 0.2) is 0 Å². The third-order valence-corrected chi connectivity index (χ3v) is 5.98. The highest BCUT2D eigenvalue weighted by Gasteiger charge is 2.38. The van der Waals surface area contributed by atoms with Gasteiger partial charge in [0.2, 0.25) is 23.5 Å². The molecule has 0 spiro atoms. The minimum absolute atomic E-state index is 0.0821. The van der Waals surface area contributed by atoms with Gasteiger partial charge in [-0.05, 0) is 36.6 Å². The highest BCUT2D eigenvalue weighted by molar-refractivity contribution is 5.82. The molecule has 1 aliphatic heterocycles. The Kier molecular flexibility index (Phi) is 6.50. The number of aromatic nitrogens is 2. The molecule has 9 nitrogen and oxygen atoms in total. The second-order valence-electron chi connectivity index (χ2n) is 8.26. The Balaban J connectivity index is 1.19. The first-order valence-corrected chi connectivity index (χ1v) is 10.8. The van der Waals surface area contributed by atoms with Crippen LogP contribution in [0.3, 0.4) is 0 Å². The minimum atomic E-state index is 0.0821. The van der Waals surface area contributed by atoms with Crippen molar-refractivity contribution < 1.29 is 18.8 Å². The van der Waals surface area contributed by atoms with E-state index in [0.29, 0.717) is 50.2 Å². The van der Waals surface area contributed by atoms with Crippen molar-refractivity contribution in [2.45, 2.75) is 26.3 Å². The lowest BCUT2D eigenvalue weighted by atomic mass is 10.2. The van der Waals surface area contributed by atoms with Crippen LogP contribution in [0.25, 0.3) is 11.4 Å². The third kappa shape index (κ3) is 5.41. The summed E-state index contributed by atoms with van der Waals surface area (Å²) in [6, 6.07) is 7.51. The van der Waals surface area contributed by atoms with Gasteiger partial charge in [-0.15, -0.1) is 0 Å². The first-order valence-electron chi connectivity index (χ1n) is 10.8. The fourth-order valence-electron chi connectivity index (χ4n) is 3.79. The van der Waals surface area contributed by atoms with Crippen LogP contribution in [-0.2, 0) is 16.1 Å². The van der Waals surface area contributed by atoms with Crippen molar-refractivity contribution in [3.05, 3.63) is 30.2 Å². The maximum Gasteiger partial charge on any atom is 0.241 e. The normalized spacial score (nSPS) is 21.0. The molecule has 2 aromatic rings. The lowest BCUT2D eigenvalue weighted by Gasteiger charge is -2.34. The predicted molar refractivity (Wildman–Crippen MR) is 113 cm³/mol. The van der Waals surface area contributed by atoms with E-state index in [1.54, 1.807) is 7.11 Å². The van der Waals surface area contributed by atoms with Gasteiger partial charge in [-0.1, -0.05) is 12.1 Å². The first kappa shape index (κ1) is 21.3. The summed E-state index contributed by atoms with van der Waals surface area (Å²) in [5.74, 6) is 2.68. The van der Waals surface area contributed by atoms with Gasteiger partial charge in [0.1, 0.15) is 5.75 Å². The van der Waals surface area contributed by atoms with Crippen LogP contribution < -0.4 is 10.1 Å². The molecule has 9 heteroatoms. The summed E-state index contributed by atoms with van der Waals surface area (Å²) in [5.41, 5.74) is 0.870. The van der Waals surface area contributed by atoms with Gasteiger partial charge in [0.25, 0.3) is 0 Å². The van der Waals surface area contributed by atoms with Crippen LogP contribution in [0.2, 0.25) is 0 Å². The molecular weight excluding hydrogens is 398 g/mol. The van der Waals surface area contributed by atoms with E-state index < -0.39 is 0 Å². The maximum absolute atomic E-state index is 12.4. The Labute approximate surface area is 181 Å². The number of carbonyl (C=O) groups excluding carboxylic acids is 2. The second-order valence-corrected chi connectivity index (χ2v) is 8.26. The molecule has 1 aliphatic carbocycles. The van der Waals surface area contributed by atoms with E-state index in [9.17, 15) is 9.59 Å². The second kappa shape index (κ2) is 9.47. The van der Waals surface area contributed by atoms with Crippen LogP contribution in [0, 0.1) is 11.8 Å². The van der Waals surface area contributed by atoms with Gasteiger partial charge in [-0.3, -0.25) is 14.5 Å². The Bertz CT molecular complexity index is 905. The summed E-state index contributed by atoms with van der Waals surface area (Å²) in [6.07, 6.45) is 1.31. The van der Waals surface area contributed by atoms with Gasteiger partial charge in [0, 0.05) is 50.6 Å². The number of nitrogens with zero attached hydrogens (tertiary/aromatic N) is 4. The summed E-state index contributed by atoms with van der Waals surface area (Å²) in [7, 11) is 1.63. The molecule has 1 N–H and O–H groups in total. The SMILES string of the molecule is COc1ccc(-c2noc(CN3CCN(C(=O)CCNC(=O)C4CC4C)CC3)n2)cc1. The zero-order chi connectivity index (χ0) is 21.8. The Morgan fingerprint density at radius 3 is 2.55 bits per heavy atom. The Morgan fingerprint density at radius 1 is 1.19 bits per heavy atom. The van der Waals surface area contributed by atoms with Crippen LogP contribution in [-0.4, -0.2) is 71.6 Å². The molecule has 2 heterocycles. The van der Waals surface area contributed by atoms with Gasteiger partial charge in [0.05, 0.1) is 13.7 Å². The zero-order valence-electron chi connectivity index (χ0n) is 18.0. The number of benzene rings is 1. The van der Waals surface area contributed by atoms with Gasteiger partial charge in [-0.25, -0.2) is 0 Å². The van der Waals surface area contributed by atoms with Crippen LogP contribution in [0.4, 0.5) is 0 Å². The van der Waals surface area contributed by atoms with E-state index in [0.717, 1.165) is 30.8 Å². The molecule has 2 aliphatic rings. The highest BCUT2D eigenvalue weighted by Crippen LogP contribution is 2.37. The van der Waals surface area contributed by atoms with Crippen molar-refractivity contribution in [1.29, 1.82) is 0 Å². The molecule has 0 bridgehead atoms. The molecule has 1 saturated carbocycles. The molecular formula is C22H29N5O4. The van der Waals surface area contributed by atoms with Gasteiger partial charge < -0.3 is 19.5 Å². The van der Waals surface area contributed by atoms with Crippen molar-refractivity contribution in [1.82, 2.24) is 25.3 Å². The van der Waals surface area contributed by atoms with Crippen molar-refractivity contribution >= 4 is 11.8 Å². The largest absolute Gasteiger partial charge is 0.497 e. The average Bonchev–Trinajstić information content (AvgIpc) is 3.35. The number of rotatable bonds is 8. The number of piperazine rings is 1. The lowest BCUT2D eigenvalue weighted by molar-refractivity contribution is -0.133. The molecule has 4 rings (SSSR count). The van der Waals surface area contributed by atoms with Crippen LogP contribution in [0.15, 0.2) is 28.8 Å². The highest BCUT2D eigenvalue weighted by atomic mass is 16.5. The molecule has 31 heavy (non-hydrogen) atoms. The number of carbonyl (C=O) groups is 2. The van der Waals surface area contributed by atoms with E-state index in [-0.39, 0.29) is 17.7 Å². The Hall–Kier alpha value is -2.94. The monoisotopic (exact) mass is 427 g/mol. The number of hydrogen-bond acceptors (Lipinski definition) is 7. The molecule has 0 radical (unpaired) electrons. The van der Waals surface area contributed by atoms with Crippen molar-refractivity contribution in [3.63, 3.8) is 0 Å². The standard InChI is InChI=1S/C22H29N5O4/c1-15-13-18(15)22(29)23-8-7-20(28)27-11-9-26(10-12-27)14-19-24-21(25-31-19)16-3-5-17(30-2)6-4-16/h3-6,15,18H,7-14H2,1-2H3,(H,23,29). The fraction of sp³-hybridized carbons (Fsp3) is 0.545. The summed E-state index contributed by atoms with van der Waals surface area (Å²) >= 11 is 0. The van der Waals surface area contributed by atoms with Crippen LogP contribution in [0.5, 0.6) is 5.75 Å². The average molecular weight is 428 g/mol. The molecule has 2 amide bonds. The molecule has 166 valence electrons. The molecule has 2 unspecified atom stereocenters. The van der Waals surface area contributed by atoms with Crippen molar-refractivity contribution in [2.75, 3.05) is 39.8 Å². The zero-order valence-corrected chi connectivity index (χ0v) is 18.0. The van der Waals surface area contributed by atoms with E-state index in [1.165, 1.54) is 0 Å². The Morgan fingerprint density at radius 2 is 1.90 bits per heavy atom. The van der Waals surface area contributed by atoms with Gasteiger partial charge >= 0.3 is 0 Å². The lowest BCUT2D eigenvalue weighted by Crippen LogP contribution is -2.48. The number of methoxy groups -OCH3 is 1. The van der Waals surface area contributed by atoms with Crippen molar-refractivity contribution in [2.24, 2.45) is 11.8 Å². The molecule has 2 fully saturated rings. The topological polar surface area (TPSA) is 101 Å². The smallest absolute Gasteiger partial charge is 0.241 e. The van der Waals surface area contributed by atoms with Gasteiger partial charge in [-0.2, -0.15) is 4.98 Å². The van der Waals surface area contributed by atoms with E-state index >= 15 is 0 Å². The van der Waals surface area contributed by atoms with E-state index in [4.69, 9.17) is 9.26 Å². The molecule has 1 aromatic carbocycles. The summed E-state index contributed by atoms with van der Waals surface area (Å²) in [4.78, 5) is 32.8. The molecule has 2 atom stereocenters. The van der Waals surface area contributed by atoms with E-state index in [1.807, 2.05) is 29.2 Å². The summed E-state index contributed by atoms with van der Waals surface area (Å²) < 4.78 is 10.6. The van der Waals surface area contributed by atoms with E-state index in [2.05, 4.69) is 27.3 Å². The summed E-state index contributed by atoms with van der Waals surface area (Å²) in [6.45, 7) is 5.86.